The molecule has 2 aromatic rings. The van der Waals surface area contributed by atoms with E-state index in [2.05, 4.69) is 5.32 Å². The normalized spacial score (nSPS) is 18.8. The van der Waals surface area contributed by atoms with Crippen LogP contribution in [0.1, 0.15) is 5.56 Å². The quantitative estimate of drug-likeness (QED) is 0.766. The van der Waals surface area contributed by atoms with Crippen molar-refractivity contribution in [1.29, 1.82) is 5.26 Å². The molecular formula is C21H22N4O5S. The summed E-state index contributed by atoms with van der Waals surface area (Å²) < 4.78 is 38.6. The van der Waals surface area contributed by atoms with Crippen molar-refractivity contribution >= 4 is 16.1 Å². The Kier molecular flexibility index (Phi) is 5.97. The number of amides is 2. The molecule has 1 saturated heterocycles. The summed E-state index contributed by atoms with van der Waals surface area (Å²) in [7, 11) is -3.80. The largest absolute Gasteiger partial charge is 0.486 e. The fourth-order valence-electron chi connectivity index (χ4n) is 3.53. The molecule has 0 aromatic heterocycles. The van der Waals surface area contributed by atoms with Gasteiger partial charge >= 0.3 is 6.03 Å². The standard InChI is InChI=1S/C21H22N4O5S/c22-13-16-5-1-4-8-20(16)31(27,28)25-11-9-24(10-12-25)21(26)23-14-17-15-29-18-6-2-3-7-19(18)30-17/h1-8,17H,9-12,14-15H2,(H,23,26). The minimum atomic E-state index is -3.80. The molecule has 2 aliphatic heterocycles. The Morgan fingerprint density at radius 1 is 1.06 bits per heavy atom. The first-order valence-electron chi connectivity index (χ1n) is 9.89. The lowest BCUT2D eigenvalue weighted by molar-refractivity contribution is 0.0893. The van der Waals surface area contributed by atoms with Crippen molar-refractivity contribution in [2.24, 2.45) is 0 Å². The first-order chi connectivity index (χ1) is 15.0. The second-order valence-electron chi connectivity index (χ2n) is 7.18. The molecule has 0 radical (unpaired) electrons. The molecule has 0 bridgehead atoms. The number of carbonyl (C=O) groups is 1. The smallest absolute Gasteiger partial charge is 0.317 e. The van der Waals surface area contributed by atoms with Crippen molar-refractivity contribution in [3.8, 4) is 17.6 Å². The molecule has 0 aliphatic carbocycles. The molecule has 4 rings (SSSR count). The van der Waals surface area contributed by atoms with Crippen LogP contribution in [-0.2, 0) is 10.0 Å². The second kappa shape index (κ2) is 8.83. The van der Waals surface area contributed by atoms with Crippen molar-refractivity contribution in [3.05, 3.63) is 54.1 Å². The Balaban J connectivity index is 1.30. The van der Waals surface area contributed by atoms with Gasteiger partial charge in [0.1, 0.15) is 12.7 Å². The molecular weight excluding hydrogens is 420 g/mol. The number of fused-ring (bicyclic) bond motifs is 1. The van der Waals surface area contributed by atoms with E-state index >= 15 is 0 Å². The maximum absolute atomic E-state index is 12.9. The van der Waals surface area contributed by atoms with Crippen LogP contribution in [0.2, 0.25) is 0 Å². The Hall–Kier alpha value is -3.29. The Labute approximate surface area is 180 Å². The fourth-order valence-corrected chi connectivity index (χ4v) is 5.10. The number of carbonyl (C=O) groups excluding carboxylic acids is 1. The number of para-hydroxylation sites is 2. The summed E-state index contributed by atoms with van der Waals surface area (Å²) in [6.45, 7) is 1.44. The third-order valence-electron chi connectivity index (χ3n) is 5.20. The number of hydrogen-bond acceptors (Lipinski definition) is 6. The molecule has 2 heterocycles. The van der Waals surface area contributed by atoms with E-state index in [9.17, 15) is 18.5 Å². The van der Waals surface area contributed by atoms with Crippen LogP contribution >= 0.6 is 0 Å². The monoisotopic (exact) mass is 442 g/mol. The molecule has 2 aromatic carbocycles. The number of benzene rings is 2. The summed E-state index contributed by atoms with van der Waals surface area (Å²) >= 11 is 0. The van der Waals surface area contributed by atoms with E-state index in [1.807, 2.05) is 30.3 Å². The third-order valence-corrected chi connectivity index (χ3v) is 7.16. The molecule has 2 amide bonds. The van der Waals surface area contributed by atoms with E-state index in [0.29, 0.717) is 18.1 Å². The minimum Gasteiger partial charge on any atom is -0.486 e. The number of urea groups is 1. The number of piperazine rings is 1. The van der Waals surface area contributed by atoms with E-state index in [-0.39, 0.29) is 55.3 Å². The number of sulfonamides is 1. The maximum atomic E-state index is 12.9. The van der Waals surface area contributed by atoms with Crippen molar-refractivity contribution < 1.29 is 22.7 Å². The number of nitriles is 1. The number of nitrogens with zero attached hydrogens (tertiary/aromatic N) is 3. The zero-order chi connectivity index (χ0) is 21.8. The van der Waals surface area contributed by atoms with Crippen LogP contribution in [0.15, 0.2) is 53.4 Å². The number of ether oxygens (including phenoxy) is 2. The molecule has 0 saturated carbocycles. The minimum absolute atomic E-state index is 0.00914. The van der Waals surface area contributed by atoms with E-state index in [1.54, 1.807) is 17.0 Å². The van der Waals surface area contributed by atoms with Crippen molar-refractivity contribution in [2.45, 2.75) is 11.0 Å². The molecule has 31 heavy (non-hydrogen) atoms. The Morgan fingerprint density at radius 2 is 1.74 bits per heavy atom. The van der Waals surface area contributed by atoms with Gasteiger partial charge in [-0.05, 0) is 24.3 Å². The van der Waals surface area contributed by atoms with Gasteiger partial charge in [-0.2, -0.15) is 9.57 Å². The molecule has 10 heteroatoms. The summed E-state index contributed by atoms with van der Waals surface area (Å²) in [5.74, 6) is 1.32. The van der Waals surface area contributed by atoms with Crippen LogP contribution in [0.4, 0.5) is 4.79 Å². The highest BCUT2D eigenvalue weighted by Gasteiger charge is 2.32. The second-order valence-corrected chi connectivity index (χ2v) is 9.09. The van der Waals surface area contributed by atoms with Gasteiger partial charge < -0.3 is 19.7 Å². The lowest BCUT2D eigenvalue weighted by atomic mass is 10.2. The van der Waals surface area contributed by atoms with Crippen LogP contribution in [0.3, 0.4) is 0 Å². The van der Waals surface area contributed by atoms with Gasteiger partial charge in [0.05, 0.1) is 17.0 Å². The maximum Gasteiger partial charge on any atom is 0.317 e. The van der Waals surface area contributed by atoms with Crippen molar-refractivity contribution in [2.75, 3.05) is 39.3 Å². The van der Waals surface area contributed by atoms with Gasteiger partial charge in [-0.15, -0.1) is 0 Å². The predicted molar refractivity (Wildman–Crippen MR) is 111 cm³/mol. The fraction of sp³-hybridized carbons (Fsp3) is 0.333. The highest BCUT2D eigenvalue weighted by Crippen LogP contribution is 2.30. The van der Waals surface area contributed by atoms with Crippen LogP contribution in [-0.4, -0.2) is 69.1 Å². The summed E-state index contributed by atoms with van der Waals surface area (Å²) in [6.07, 6.45) is -0.303. The first kappa shape index (κ1) is 21.0. The van der Waals surface area contributed by atoms with Crippen molar-refractivity contribution in [3.63, 3.8) is 0 Å². The van der Waals surface area contributed by atoms with Gasteiger partial charge in [-0.25, -0.2) is 13.2 Å². The van der Waals surface area contributed by atoms with Gasteiger partial charge in [0, 0.05) is 26.2 Å². The highest BCUT2D eigenvalue weighted by atomic mass is 32.2. The van der Waals surface area contributed by atoms with Gasteiger partial charge in [0.15, 0.2) is 17.6 Å². The predicted octanol–water partition coefficient (Wildman–Crippen LogP) is 1.41. The van der Waals surface area contributed by atoms with Crippen molar-refractivity contribution in [1.82, 2.24) is 14.5 Å². The summed E-state index contributed by atoms with van der Waals surface area (Å²) in [4.78, 5) is 14.1. The van der Waals surface area contributed by atoms with Gasteiger partial charge in [-0.1, -0.05) is 24.3 Å². The zero-order valence-corrected chi connectivity index (χ0v) is 17.5. The van der Waals surface area contributed by atoms with Gasteiger partial charge in [-0.3, -0.25) is 0 Å². The summed E-state index contributed by atoms with van der Waals surface area (Å²) in [5.41, 5.74) is 0.110. The third kappa shape index (κ3) is 4.42. The average Bonchev–Trinajstić information content (AvgIpc) is 2.82. The van der Waals surface area contributed by atoms with Gasteiger partial charge in [0.25, 0.3) is 0 Å². The Bertz CT molecular complexity index is 1110. The van der Waals surface area contributed by atoms with Crippen LogP contribution < -0.4 is 14.8 Å². The van der Waals surface area contributed by atoms with E-state index in [1.165, 1.54) is 16.4 Å². The van der Waals surface area contributed by atoms with E-state index in [0.717, 1.165) is 0 Å². The number of nitrogens with one attached hydrogen (secondary N) is 1. The van der Waals surface area contributed by atoms with Crippen LogP contribution in [0.5, 0.6) is 11.5 Å². The zero-order valence-electron chi connectivity index (χ0n) is 16.7. The number of hydrogen-bond donors (Lipinski definition) is 1. The summed E-state index contributed by atoms with van der Waals surface area (Å²) in [6, 6.07) is 15.1. The lowest BCUT2D eigenvalue weighted by Gasteiger charge is -2.34. The Morgan fingerprint density at radius 3 is 2.48 bits per heavy atom. The molecule has 1 unspecified atom stereocenters. The average molecular weight is 442 g/mol. The molecule has 0 spiro atoms. The van der Waals surface area contributed by atoms with E-state index < -0.39 is 10.0 Å². The van der Waals surface area contributed by atoms with E-state index in [4.69, 9.17) is 9.47 Å². The summed E-state index contributed by atoms with van der Waals surface area (Å²) in [5, 5.41) is 12.0. The SMILES string of the molecule is N#Cc1ccccc1S(=O)(=O)N1CCN(C(=O)NCC2COc3ccccc3O2)CC1. The molecule has 1 fully saturated rings. The molecule has 9 nitrogen and oxygen atoms in total. The molecule has 2 aliphatic rings. The molecule has 162 valence electrons. The molecule has 1 atom stereocenters. The molecule has 1 N–H and O–H groups in total. The van der Waals surface area contributed by atoms with Crippen LogP contribution in [0.25, 0.3) is 0 Å². The van der Waals surface area contributed by atoms with Crippen LogP contribution in [0, 0.1) is 11.3 Å². The van der Waals surface area contributed by atoms with Gasteiger partial charge in [0.2, 0.25) is 10.0 Å². The highest BCUT2D eigenvalue weighted by molar-refractivity contribution is 7.89. The topological polar surface area (TPSA) is 112 Å². The lowest BCUT2D eigenvalue weighted by Crippen LogP contribution is -2.54. The first-order valence-corrected chi connectivity index (χ1v) is 11.3. The number of rotatable bonds is 4.